The molecule has 1 aromatic heterocycles. The fourth-order valence-corrected chi connectivity index (χ4v) is 1.65. The van der Waals surface area contributed by atoms with E-state index in [-0.39, 0.29) is 5.78 Å². The van der Waals surface area contributed by atoms with Gasteiger partial charge in [0.1, 0.15) is 5.82 Å². The molecule has 0 saturated heterocycles. The molecular weight excluding hydrogens is 270 g/mol. The number of nitrogens with one attached hydrogen (secondary N) is 2. The largest absolute Gasteiger partial charge is 0.453 e. The zero-order valence-corrected chi connectivity index (χ0v) is 11.7. The van der Waals surface area contributed by atoms with Crippen molar-refractivity contribution in [3.05, 3.63) is 48.2 Å². The molecule has 6 nitrogen and oxygen atoms in total. The van der Waals surface area contributed by atoms with Gasteiger partial charge in [-0.3, -0.25) is 10.1 Å². The van der Waals surface area contributed by atoms with Crippen molar-refractivity contribution < 1.29 is 14.3 Å². The summed E-state index contributed by atoms with van der Waals surface area (Å²) in [6.45, 7) is 1.53. The minimum Gasteiger partial charge on any atom is -0.453 e. The molecule has 0 radical (unpaired) electrons. The highest BCUT2D eigenvalue weighted by molar-refractivity contribution is 5.94. The molecule has 2 rings (SSSR count). The van der Waals surface area contributed by atoms with Crippen LogP contribution in [0.5, 0.6) is 0 Å². The number of ketones is 1. The molecule has 2 aromatic rings. The minimum atomic E-state index is -0.567. The van der Waals surface area contributed by atoms with Gasteiger partial charge in [0.25, 0.3) is 0 Å². The van der Waals surface area contributed by atoms with Crippen molar-refractivity contribution in [2.24, 2.45) is 0 Å². The highest BCUT2D eigenvalue weighted by atomic mass is 16.5. The Morgan fingerprint density at radius 2 is 1.71 bits per heavy atom. The third kappa shape index (κ3) is 4.04. The lowest BCUT2D eigenvalue weighted by atomic mass is 10.1. The lowest BCUT2D eigenvalue weighted by Gasteiger charge is -2.08. The second-order valence-corrected chi connectivity index (χ2v) is 4.31. The van der Waals surface area contributed by atoms with E-state index in [0.29, 0.717) is 11.4 Å². The van der Waals surface area contributed by atoms with Gasteiger partial charge in [-0.2, -0.15) is 0 Å². The number of hydrogen-bond donors (Lipinski definition) is 2. The first kappa shape index (κ1) is 14.5. The van der Waals surface area contributed by atoms with Gasteiger partial charge in [0, 0.05) is 11.3 Å². The lowest BCUT2D eigenvalue weighted by Crippen LogP contribution is -2.11. The molecule has 21 heavy (non-hydrogen) atoms. The van der Waals surface area contributed by atoms with Crippen LogP contribution in [0.3, 0.4) is 0 Å². The van der Waals surface area contributed by atoms with Crippen LogP contribution in [0.4, 0.5) is 22.0 Å². The fourth-order valence-electron chi connectivity index (χ4n) is 1.65. The molecule has 1 heterocycles. The van der Waals surface area contributed by atoms with Crippen LogP contribution in [0.15, 0.2) is 42.6 Å². The molecular formula is C15H15N3O3. The molecule has 0 saturated carbocycles. The number of carbonyl (C=O) groups excluding carboxylic acids is 2. The van der Waals surface area contributed by atoms with E-state index >= 15 is 0 Å². The second-order valence-electron chi connectivity index (χ2n) is 4.31. The first-order valence-electron chi connectivity index (χ1n) is 6.27. The molecule has 0 atom stereocenters. The maximum atomic E-state index is 11.2. The zero-order valence-electron chi connectivity index (χ0n) is 11.7. The third-order valence-electron chi connectivity index (χ3n) is 2.76. The molecule has 0 spiro atoms. The normalized spacial score (nSPS) is 9.81. The van der Waals surface area contributed by atoms with Crippen molar-refractivity contribution in [2.75, 3.05) is 17.7 Å². The van der Waals surface area contributed by atoms with Gasteiger partial charge in [-0.05, 0) is 43.3 Å². The predicted molar refractivity (Wildman–Crippen MR) is 80.0 cm³/mol. The molecule has 108 valence electrons. The van der Waals surface area contributed by atoms with Crippen LogP contribution in [0, 0.1) is 0 Å². The molecule has 0 aliphatic carbocycles. The van der Waals surface area contributed by atoms with E-state index < -0.39 is 6.09 Å². The van der Waals surface area contributed by atoms with Crippen molar-refractivity contribution in [1.29, 1.82) is 0 Å². The summed E-state index contributed by atoms with van der Waals surface area (Å²) in [5.74, 6) is 0.431. The van der Waals surface area contributed by atoms with Gasteiger partial charge in [0.15, 0.2) is 5.78 Å². The van der Waals surface area contributed by atoms with Gasteiger partial charge < -0.3 is 10.1 Å². The molecule has 2 N–H and O–H groups in total. The Balaban J connectivity index is 2.02. The van der Waals surface area contributed by atoms with Gasteiger partial charge in [-0.25, -0.2) is 9.78 Å². The summed E-state index contributed by atoms with van der Waals surface area (Å²) in [5.41, 5.74) is 2.27. The maximum absolute atomic E-state index is 11.2. The first-order valence-corrected chi connectivity index (χ1v) is 6.27. The lowest BCUT2D eigenvalue weighted by molar-refractivity contribution is 0.101. The SMILES string of the molecule is COC(=O)Nc1ccc(Nc2ccc(C(C)=O)cc2)cn1. The number of aromatic nitrogens is 1. The van der Waals surface area contributed by atoms with Crippen molar-refractivity contribution in [3.63, 3.8) is 0 Å². The highest BCUT2D eigenvalue weighted by Gasteiger charge is 2.02. The average Bonchev–Trinajstić information content (AvgIpc) is 2.49. The summed E-state index contributed by atoms with van der Waals surface area (Å²) < 4.78 is 4.48. The van der Waals surface area contributed by atoms with Crippen LogP contribution in [-0.4, -0.2) is 24.0 Å². The van der Waals surface area contributed by atoms with Crippen LogP contribution in [-0.2, 0) is 4.74 Å². The van der Waals surface area contributed by atoms with Crippen molar-refractivity contribution in [2.45, 2.75) is 6.92 Å². The number of nitrogens with zero attached hydrogens (tertiary/aromatic N) is 1. The quantitative estimate of drug-likeness (QED) is 0.843. The number of methoxy groups -OCH3 is 1. The standard InChI is InChI=1S/C15H15N3O3/c1-10(19)11-3-5-12(6-4-11)17-13-7-8-14(16-9-13)18-15(20)21-2/h3-9,17H,1-2H3,(H,16,18,20). The Morgan fingerprint density at radius 1 is 1.05 bits per heavy atom. The van der Waals surface area contributed by atoms with E-state index in [0.717, 1.165) is 11.4 Å². The smallest absolute Gasteiger partial charge is 0.412 e. The van der Waals surface area contributed by atoms with Crippen LogP contribution in [0.2, 0.25) is 0 Å². The number of anilines is 3. The summed E-state index contributed by atoms with van der Waals surface area (Å²) in [5, 5.41) is 5.61. The maximum Gasteiger partial charge on any atom is 0.412 e. The van der Waals surface area contributed by atoms with Crippen LogP contribution in [0.25, 0.3) is 0 Å². The van der Waals surface area contributed by atoms with E-state index in [9.17, 15) is 9.59 Å². The Labute approximate surface area is 122 Å². The van der Waals surface area contributed by atoms with Gasteiger partial charge in [0.05, 0.1) is 19.0 Å². The number of carbonyl (C=O) groups is 2. The highest BCUT2D eigenvalue weighted by Crippen LogP contribution is 2.17. The van der Waals surface area contributed by atoms with Crippen molar-refractivity contribution in [1.82, 2.24) is 4.98 Å². The summed E-state index contributed by atoms with van der Waals surface area (Å²) in [6.07, 6.45) is 1.02. The summed E-state index contributed by atoms with van der Waals surface area (Å²) >= 11 is 0. The number of rotatable bonds is 4. The summed E-state index contributed by atoms with van der Waals surface area (Å²) in [4.78, 5) is 26.3. The van der Waals surface area contributed by atoms with E-state index in [1.54, 1.807) is 30.5 Å². The molecule has 0 unspecified atom stereocenters. The van der Waals surface area contributed by atoms with Crippen LogP contribution in [0.1, 0.15) is 17.3 Å². The van der Waals surface area contributed by atoms with E-state index in [2.05, 4.69) is 20.4 Å². The molecule has 0 fully saturated rings. The number of pyridine rings is 1. The van der Waals surface area contributed by atoms with Gasteiger partial charge in [-0.1, -0.05) is 0 Å². The van der Waals surface area contributed by atoms with Gasteiger partial charge in [0.2, 0.25) is 0 Å². The van der Waals surface area contributed by atoms with E-state index in [1.807, 2.05) is 12.1 Å². The Morgan fingerprint density at radius 3 is 2.24 bits per heavy atom. The Hall–Kier alpha value is -2.89. The van der Waals surface area contributed by atoms with Crippen LogP contribution < -0.4 is 10.6 Å². The average molecular weight is 285 g/mol. The van der Waals surface area contributed by atoms with E-state index in [1.165, 1.54) is 14.0 Å². The minimum absolute atomic E-state index is 0.0291. The number of benzene rings is 1. The Bertz CT molecular complexity index is 636. The first-order chi connectivity index (χ1) is 10.1. The second kappa shape index (κ2) is 6.51. The monoisotopic (exact) mass is 285 g/mol. The number of amides is 1. The summed E-state index contributed by atoms with van der Waals surface area (Å²) in [7, 11) is 1.29. The molecule has 1 amide bonds. The van der Waals surface area contributed by atoms with Crippen molar-refractivity contribution in [3.8, 4) is 0 Å². The van der Waals surface area contributed by atoms with Gasteiger partial charge in [-0.15, -0.1) is 0 Å². The number of hydrogen-bond acceptors (Lipinski definition) is 5. The zero-order chi connectivity index (χ0) is 15.2. The van der Waals surface area contributed by atoms with E-state index in [4.69, 9.17) is 0 Å². The molecule has 0 bridgehead atoms. The van der Waals surface area contributed by atoms with Gasteiger partial charge >= 0.3 is 6.09 Å². The third-order valence-corrected chi connectivity index (χ3v) is 2.76. The topological polar surface area (TPSA) is 80.3 Å². The molecule has 0 aliphatic heterocycles. The number of Topliss-reactive ketones (excluding diaryl/α,β-unsaturated/α-hetero) is 1. The number of ether oxygens (including phenoxy) is 1. The van der Waals surface area contributed by atoms with Crippen LogP contribution >= 0.6 is 0 Å². The molecule has 6 heteroatoms. The summed E-state index contributed by atoms with van der Waals surface area (Å²) in [6, 6.07) is 10.6. The molecule has 1 aromatic carbocycles. The van der Waals surface area contributed by atoms with Crippen molar-refractivity contribution >= 4 is 29.1 Å². The Kier molecular flexibility index (Phi) is 4.50. The predicted octanol–water partition coefficient (Wildman–Crippen LogP) is 3.21. The fraction of sp³-hybridized carbons (Fsp3) is 0.133. The molecule has 0 aliphatic rings.